The Bertz CT molecular complexity index is 954. The molecule has 3 aromatic heterocycles. The normalized spacial score (nSPS) is 10.9. The van der Waals surface area contributed by atoms with Gasteiger partial charge in [-0.05, 0) is 18.6 Å². The van der Waals surface area contributed by atoms with Crippen molar-refractivity contribution in [3.63, 3.8) is 0 Å². The molecule has 0 amide bonds. The van der Waals surface area contributed by atoms with Crippen LogP contribution < -0.4 is 5.32 Å². The number of aromatic nitrogens is 6. The van der Waals surface area contributed by atoms with Crippen molar-refractivity contribution in [2.45, 2.75) is 20.0 Å². The van der Waals surface area contributed by atoms with Crippen molar-refractivity contribution in [2.24, 2.45) is 0 Å². The van der Waals surface area contributed by atoms with E-state index >= 15 is 0 Å². The van der Waals surface area contributed by atoms with Gasteiger partial charge in [0.2, 0.25) is 5.13 Å². The summed E-state index contributed by atoms with van der Waals surface area (Å²) in [7, 11) is 0. The first-order valence-electron chi connectivity index (χ1n) is 7.91. The van der Waals surface area contributed by atoms with E-state index in [0.717, 1.165) is 28.2 Å². The molecule has 8 heteroatoms. The minimum absolute atomic E-state index is 0.621. The van der Waals surface area contributed by atoms with Crippen LogP contribution in [0.15, 0.2) is 54.9 Å². The summed E-state index contributed by atoms with van der Waals surface area (Å²) in [4.78, 5) is 0. The van der Waals surface area contributed by atoms with Crippen LogP contribution in [0, 0.1) is 6.92 Å². The van der Waals surface area contributed by atoms with E-state index in [1.54, 1.807) is 0 Å². The predicted molar refractivity (Wildman–Crippen MR) is 97.0 cm³/mol. The van der Waals surface area contributed by atoms with Crippen molar-refractivity contribution in [2.75, 3.05) is 5.32 Å². The van der Waals surface area contributed by atoms with Gasteiger partial charge in [0.05, 0.1) is 18.8 Å². The third-order valence-electron chi connectivity index (χ3n) is 3.60. The zero-order valence-electron chi connectivity index (χ0n) is 13.7. The summed E-state index contributed by atoms with van der Waals surface area (Å²) in [6, 6.07) is 14.1. The van der Waals surface area contributed by atoms with Gasteiger partial charge in [-0.2, -0.15) is 10.2 Å². The maximum Gasteiger partial charge on any atom is 0.211 e. The molecule has 3 heterocycles. The lowest BCUT2D eigenvalue weighted by molar-refractivity contribution is 0.670. The van der Waals surface area contributed by atoms with E-state index in [0.29, 0.717) is 6.54 Å². The monoisotopic (exact) mass is 351 g/mol. The Morgan fingerprint density at radius 2 is 1.72 bits per heavy atom. The summed E-state index contributed by atoms with van der Waals surface area (Å²) >= 11 is 1.50. The lowest BCUT2D eigenvalue weighted by Crippen LogP contribution is -2.01. The molecule has 0 aliphatic heterocycles. The molecule has 1 N–H and O–H groups in total. The van der Waals surface area contributed by atoms with Gasteiger partial charge in [0.1, 0.15) is 5.01 Å². The molecule has 0 fully saturated rings. The number of aryl methyl sites for hydroxylation is 1. The highest BCUT2D eigenvalue weighted by molar-refractivity contribution is 7.15. The fourth-order valence-corrected chi connectivity index (χ4v) is 3.19. The quantitative estimate of drug-likeness (QED) is 0.578. The Kier molecular flexibility index (Phi) is 4.26. The number of nitrogens with one attached hydrogen (secondary N) is 1. The van der Waals surface area contributed by atoms with E-state index in [2.05, 4.69) is 37.8 Å². The molecule has 25 heavy (non-hydrogen) atoms. The number of hydrogen-bond donors (Lipinski definition) is 1. The van der Waals surface area contributed by atoms with Crippen LogP contribution in [0.3, 0.4) is 0 Å². The summed E-state index contributed by atoms with van der Waals surface area (Å²) in [6.07, 6.45) is 3.89. The van der Waals surface area contributed by atoms with Gasteiger partial charge in [-0.15, -0.1) is 10.2 Å². The minimum Gasteiger partial charge on any atom is -0.313 e. The van der Waals surface area contributed by atoms with Crippen LogP contribution in [0.2, 0.25) is 0 Å². The fourth-order valence-electron chi connectivity index (χ4n) is 2.45. The van der Waals surface area contributed by atoms with Crippen molar-refractivity contribution >= 4 is 22.3 Å². The van der Waals surface area contributed by atoms with Gasteiger partial charge < -0.3 is 5.32 Å². The second kappa shape index (κ2) is 6.86. The molecular weight excluding hydrogens is 334 g/mol. The molecule has 0 saturated heterocycles. The van der Waals surface area contributed by atoms with E-state index in [9.17, 15) is 0 Å². The van der Waals surface area contributed by atoms with Crippen molar-refractivity contribution in [3.8, 4) is 0 Å². The Morgan fingerprint density at radius 3 is 2.52 bits per heavy atom. The summed E-state index contributed by atoms with van der Waals surface area (Å²) in [5.41, 5.74) is 2.21. The van der Waals surface area contributed by atoms with Crippen molar-refractivity contribution in [3.05, 3.63) is 71.1 Å². The first-order valence-corrected chi connectivity index (χ1v) is 8.73. The first kappa shape index (κ1) is 15.5. The summed E-state index contributed by atoms with van der Waals surface area (Å²) < 4.78 is 3.75. The van der Waals surface area contributed by atoms with Crippen LogP contribution in [0.5, 0.6) is 0 Å². The second-order valence-electron chi connectivity index (χ2n) is 5.66. The third-order valence-corrected chi connectivity index (χ3v) is 4.42. The summed E-state index contributed by atoms with van der Waals surface area (Å²) in [5.74, 6) is 0.758. The van der Waals surface area contributed by atoms with Gasteiger partial charge >= 0.3 is 0 Å². The van der Waals surface area contributed by atoms with E-state index in [-0.39, 0.29) is 0 Å². The largest absolute Gasteiger partial charge is 0.313 e. The predicted octanol–water partition coefficient (Wildman–Crippen LogP) is 3.08. The van der Waals surface area contributed by atoms with Gasteiger partial charge in [-0.3, -0.25) is 9.36 Å². The molecule has 4 rings (SSSR count). The molecule has 0 bridgehead atoms. The zero-order valence-corrected chi connectivity index (χ0v) is 14.5. The standard InChI is InChI=1S/C17H17N7S/c1-13-7-9-24(21-13)12-16-19-20-17(25-16)18-15-8-10-23(22-15)11-14-5-3-2-4-6-14/h2-10H,11-12H2,1H3,(H,18,20,22). The van der Waals surface area contributed by atoms with Crippen LogP contribution in [0.4, 0.5) is 10.9 Å². The Balaban J connectivity index is 1.39. The number of nitrogens with zero attached hydrogens (tertiary/aromatic N) is 6. The van der Waals surface area contributed by atoms with Crippen LogP contribution in [0.25, 0.3) is 0 Å². The second-order valence-corrected chi connectivity index (χ2v) is 6.73. The van der Waals surface area contributed by atoms with Crippen molar-refractivity contribution in [1.82, 2.24) is 29.8 Å². The average Bonchev–Trinajstić information content (AvgIpc) is 3.33. The number of rotatable bonds is 6. The SMILES string of the molecule is Cc1ccn(Cc2nnc(Nc3ccn(Cc4ccccc4)n3)s2)n1. The van der Waals surface area contributed by atoms with Crippen molar-refractivity contribution < 1.29 is 0 Å². The molecule has 0 saturated carbocycles. The summed E-state index contributed by atoms with van der Waals surface area (Å²) in [5, 5.41) is 22.1. The minimum atomic E-state index is 0.621. The smallest absolute Gasteiger partial charge is 0.211 e. The van der Waals surface area contributed by atoms with E-state index in [1.807, 2.05) is 59.0 Å². The van der Waals surface area contributed by atoms with Crippen LogP contribution in [-0.2, 0) is 13.1 Å². The molecule has 0 unspecified atom stereocenters. The molecule has 0 aliphatic rings. The van der Waals surface area contributed by atoms with Gasteiger partial charge in [0.25, 0.3) is 0 Å². The third kappa shape index (κ3) is 3.92. The van der Waals surface area contributed by atoms with Crippen LogP contribution >= 0.6 is 11.3 Å². The summed E-state index contributed by atoms with van der Waals surface area (Å²) in [6.45, 7) is 3.33. The lowest BCUT2D eigenvalue weighted by Gasteiger charge is -2.01. The van der Waals surface area contributed by atoms with Gasteiger partial charge in [-0.25, -0.2) is 0 Å². The molecule has 7 nitrogen and oxygen atoms in total. The molecule has 0 radical (unpaired) electrons. The fraction of sp³-hybridized carbons (Fsp3) is 0.176. The maximum absolute atomic E-state index is 4.52. The topological polar surface area (TPSA) is 73.5 Å². The molecule has 126 valence electrons. The molecule has 0 atom stereocenters. The van der Waals surface area contributed by atoms with E-state index in [4.69, 9.17) is 0 Å². The lowest BCUT2D eigenvalue weighted by atomic mass is 10.2. The highest BCUT2D eigenvalue weighted by atomic mass is 32.1. The van der Waals surface area contributed by atoms with E-state index in [1.165, 1.54) is 16.9 Å². The maximum atomic E-state index is 4.52. The van der Waals surface area contributed by atoms with Crippen LogP contribution in [-0.4, -0.2) is 29.8 Å². The molecule has 1 aromatic carbocycles. The molecular formula is C17H17N7S. The Morgan fingerprint density at radius 1 is 0.920 bits per heavy atom. The molecule has 4 aromatic rings. The van der Waals surface area contributed by atoms with E-state index < -0.39 is 0 Å². The molecule has 0 aliphatic carbocycles. The number of benzene rings is 1. The van der Waals surface area contributed by atoms with Crippen LogP contribution in [0.1, 0.15) is 16.3 Å². The number of hydrogen-bond acceptors (Lipinski definition) is 6. The highest BCUT2D eigenvalue weighted by Gasteiger charge is 2.07. The first-order chi connectivity index (χ1) is 12.2. The highest BCUT2D eigenvalue weighted by Crippen LogP contribution is 2.20. The Labute approximate surface area is 149 Å². The van der Waals surface area contributed by atoms with Crippen molar-refractivity contribution in [1.29, 1.82) is 0 Å². The average molecular weight is 351 g/mol. The van der Waals surface area contributed by atoms with Gasteiger partial charge in [-0.1, -0.05) is 41.7 Å². The Hall–Kier alpha value is -3.00. The zero-order chi connectivity index (χ0) is 17.1. The number of anilines is 2. The molecule has 0 spiro atoms. The van der Waals surface area contributed by atoms with Gasteiger partial charge in [0.15, 0.2) is 5.82 Å². The van der Waals surface area contributed by atoms with Gasteiger partial charge in [0, 0.05) is 18.5 Å².